The number of nitrogens with one attached hydrogen (secondary N) is 2. The zero-order chi connectivity index (χ0) is 17.6. The van der Waals surface area contributed by atoms with Gasteiger partial charge in [0.2, 0.25) is 5.79 Å². The Morgan fingerprint density at radius 1 is 1.42 bits per heavy atom. The molecule has 0 radical (unpaired) electrons. The topological polar surface area (TPSA) is 87.7 Å². The molecule has 0 aliphatic heterocycles. The number of carbonyl (C=O) groups excluding carboxylic acids is 2. The third kappa shape index (κ3) is 4.62. The van der Waals surface area contributed by atoms with Gasteiger partial charge in [-0.25, -0.2) is 9.87 Å². The lowest BCUT2D eigenvalue weighted by atomic mass is 9.88. The average Bonchev–Trinajstić information content (AvgIpc) is 2.57. The van der Waals surface area contributed by atoms with Gasteiger partial charge in [0, 0.05) is 14.8 Å². The van der Waals surface area contributed by atoms with E-state index in [9.17, 15) is 9.59 Å². The molecule has 0 fully saturated rings. The van der Waals surface area contributed by atoms with Crippen LogP contribution in [-0.4, -0.2) is 36.3 Å². The number of alkyl halides is 1. The van der Waals surface area contributed by atoms with E-state index in [1.807, 2.05) is 0 Å². The minimum absolute atomic E-state index is 0.123. The van der Waals surface area contributed by atoms with E-state index in [4.69, 9.17) is 9.94 Å². The van der Waals surface area contributed by atoms with Crippen LogP contribution in [0, 0.1) is 9.49 Å². The maximum atomic E-state index is 15.4. The van der Waals surface area contributed by atoms with Crippen molar-refractivity contribution < 1.29 is 23.9 Å². The fraction of sp³-hybridized carbons (Fsp3) is 0.250. The van der Waals surface area contributed by atoms with Gasteiger partial charge in [0.15, 0.2) is 0 Å². The molecule has 2 rings (SSSR count). The predicted octanol–water partition coefficient (Wildman–Crippen LogP) is 1.72. The fourth-order valence-electron chi connectivity index (χ4n) is 2.14. The van der Waals surface area contributed by atoms with E-state index in [0.29, 0.717) is 12.0 Å². The van der Waals surface area contributed by atoms with Crippen molar-refractivity contribution in [1.82, 2.24) is 5.48 Å². The quantitative estimate of drug-likeness (QED) is 0.195. The van der Waals surface area contributed by atoms with Crippen molar-refractivity contribution in [3.05, 3.63) is 51.6 Å². The first-order valence-corrected chi connectivity index (χ1v) is 8.18. The minimum Gasteiger partial charge on any atom is -0.394 e. The van der Waals surface area contributed by atoms with Crippen molar-refractivity contribution in [3.8, 4) is 0 Å². The molecule has 0 bridgehead atoms. The summed E-state index contributed by atoms with van der Waals surface area (Å²) in [6.45, 7) is -0.412. The number of rotatable bonds is 7. The summed E-state index contributed by atoms with van der Waals surface area (Å²) >= 11 is 2.13. The van der Waals surface area contributed by atoms with E-state index in [1.54, 1.807) is 24.3 Å². The van der Waals surface area contributed by atoms with Gasteiger partial charge in [0.25, 0.3) is 5.91 Å². The zero-order valence-electron chi connectivity index (χ0n) is 12.5. The second-order valence-electron chi connectivity index (χ2n) is 5.03. The number of allylic oxidation sites excluding steroid dienone is 2. The predicted molar refractivity (Wildman–Crippen MR) is 94.6 cm³/mol. The van der Waals surface area contributed by atoms with Crippen LogP contribution in [0.1, 0.15) is 0 Å². The summed E-state index contributed by atoms with van der Waals surface area (Å²) in [5, 5.41) is 11.3. The van der Waals surface area contributed by atoms with E-state index in [-0.39, 0.29) is 18.8 Å². The summed E-state index contributed by atoms with van der Waals surface area (Å²) in [6.07, 6.45) is 4.20. The van der Waals surface area contributed by atoms with Crippen LogP contribution in [0.25, 0.3) is 0 Å². The van der Waals surface area contributed by atoms with Crippen LogP contribution in [0.5, 0.6) is 0 Å². The number of carbonyl (C=O) groups is 2. The Labute approximate surface area is 151 Å². The van der Waals surface area contributed by atoms with Gasteiger partial charge < -0.3 is 10.4 Å². The Morgan fingerprint density at radius 2 is 2.12 bits per heavy atom. The zero-order valence-corrected chi connectivity index (χ0v) is 14.7. The lowest BCUT2D eigenvalue weighted by molar-refractivity contribution is -0.139. The molecule has 2 unspecified atom stereocenters. The molecular formula is C16H16FIN2O4. The Balaban J connectivity index is 2.22. The van der Waals surface area contributed by atoms with Crippen molar-refractivity contribution >= 4 is 40.5 Å². The number of amides is 1. The molecule has 6 nitrogen and oxygen atoms in total. The molecule has 0 aromatic heterocycles. The SMILES string of the molecule is O=CC1=CC(C(=O)NOCCO)C(F)(Nc2ccc(I)cc2)C=C1. The smallest absolute Gasteiger partial charge is 0.256 e. The Morgan fingerprint density at radius 3 is 2.75 bits per heavy atom. The first-order valence-electron chi connectivity index (χ1n) is 7.10. The second kappa shape index (κ2) is 8.36. The molecule has 128 valence electrons. The molecule has 1 aromatic rings. The van der Waals surface area contributed by atoms with E-state index >= 15 is 4.39 Å². The van der Waals surface area contributed by atoms with Gasteiger partial charge in [-0.05, 0) is 52.9 Å². The molecule has 1 aliphatic rings. The molecule has 2 atom stereocenters. The van der Waals surface area contributed by atoms with Crippen LogP contribution in [0.4, 0.5) is 10.1 Å². The van der Waals surface area contributed by atoms with Gasteiger partial charge in [-0.2, -0.15) is 0 Å². The van der Waals surface area contributed by atoms with Gasteiger partial charge in [0.1, 0.15) is 12.2 Å². The highest BCUT2D eigenvalue weighted by Gasteiger charge is 2.42. The molecule has 8 heteroatoms. The number of anilines is 1. The molecule has 0 saturated heterocycles. The van der Waals surface area contributed by atoms with Crippen molar-refractivity contribution in [2.24, 2.45) is 5.92 Å². The number of aliphatic hydroxyl groups is 1. The third-order valence-electron chi connectivity index (χ3n) is 3.29. The maximum absolute atomic E-state index is 15.4. The average molecular weight is 446 g/mol. The highest BCUT2D eigenvalue weighted by Crippen LogP contribution is 2.32. The highest BCUT2D eigenvalue weighted by atomic mass is 127. The van der Waals surface area contributed by atoms with Gasteiger partial charge in [-0.1, -0.05) is 12.2 Å². The molecule has 3 N–H and O–H groups in total. The monoisotopic (exact) mass is 446 g/mol. The Kier molecular flexibility index (Phi) is 6.46. The summed E-state index contributed by atoms with van der Waals surface area (Å²) in [5.74, 6) is -4.32. The van der Waals surface area contributed by atoms with Crippen LogP contribution in [0.2, 0.25) is 0 Å². The number of benzene rings is 1. The molecule has 1 aliphatic carbocycles. The van der Waals surface area contributed by atoms with E-state index in [2.05, 4.69) is 33.4 Å². The van der Waals surface area contributed by atoms with Crippen LogP contribution in [0.15, 0.2) is 48.1 Å². The van der Waals surface area contributed by atoms with Gasteiger partial charge >= 0.3 is 0 Å². The summed E-state index contributed by atoms with van der Waals surface area (Å²) in [7, 11) is 0. The molecule has 0 spiro atoms. The first kappa shape index (κ1) is 18.6. The molecule has 1 amide bonds. The first-order chi connectivity index (χ1) is 11.5. The second-order valence-corrected chi connectivity index (χ2v) is 6.28. The van der Waals surface area contributed by atoms with Crippen molar-refractivity contribution in [3.63, 3.8) is 0 Å². The van der Waals surface area contributed by atoms with E-state index in [0.717, 1.165) is 9.65 Å². The summed E-state index contributed by atoms with van der Waals surface area (Å²) in [5.41, 5.74) is 2.75. The van der Waals surface area contributed by atoms with Crippen molar-refractivity contribution in [2.75, 3.05) is 18.5 Å². The number of hydroxylamine groups is 1. The lowest BCUT2D eigenvalue weighted by Crippen LogP contribution is -2.48. The number of halogens is 2. The van der Waals surface area contributed by atoms with Gasteiger partial charge in [-0.15, -0.1) is 0 Å². The summed E-state index contributed by atoms with van der Waals surface area (Å²) in [4.78, 5) is 27.9. The number of aldehydes is 1. The highest BCUT2D eigenvalue weighted by molar-refractivity contribution is 14.1. The standard InChI is InChI=1S/C16H16FIN2O4/c17-16(19-13-3-1-12(18)2-4-13)6-5-11(10-22)9-14(16)15(23)20-24-8-7-21/h1-6,9-10,14,19,21H,7-8H2,(H,20,23). The third-order valence-corrected chi connectivity index (χ3v) is 4.01. The molecule has 0 heterocycles. The van der Waals surface area contributed by atoms with Crippen LogP contribution in [0.3, 0.4) is 0 Å². The van der Waals surface area contributed by atoms with Gasteiger partial charge in [0.05, 0.1) is 13.2 Å². The number of hydrogen-bond acceptors (Lipinski definition) is 5. The summed E-state index contributed by atoms with van der Waals surface area (Å²) in [6, 6.07) is 6.97. The van der Waals surface area contributed by atoms with Crippen LogP contribution in [-0.2, 0) is 14.4 Å². The maximum Gasteiger partial charge on any atom is 0.256 e. The number of hydrogen-bond donors (Lipinski definition) is 3. The summed E-state index contributed by atoms with van der Waals surface area (Å²) < 4.78 is 16.4. The largest absolute Gasteiger partial charge is 0.394 e. The van der Waals surface area contributed by atoms with E-state index in [1.165, 1.54) is 12.2 Å². The minimum atomic E-state index is -2.23. The normalized spacial score (nSPS) is 22.6. The molecule has 0 saturated carbocycles. The van der Waals surface area contributed by atoms with Crippen molar-refractivity contribution in [2.45, 2.75) is 5.79 Å². The fourth-order valence-corrected chi connectivity index (χ4v) is 2.50. The Bertz CT molecular complexity index is 663. The molecule has 1 aromatic carbocycles. The molecule has 24 heavy (non-hydrogen) atoms. The number of aliphatic hydroxyl groups excluding tert-OH is 1. The molecular weight excluding hydrogens is 430 g/mol. The van der Waals surface area contributed by atoms with E-state index < -0.39 is 17.6 Å². The Hall–Kier alpha value is -1.78. The van der Waals surface area contributed by atoms with Crippen molar-refractivity contribution in [1.29, 1.82) is 0 Å². The lowest BCUT2D eigenvalue weighted by Gasteiger charge is -2.32. The van der Waals surface area contributed by atoms with Crippen LogP contribution >= 0.6 is 22.6 Å². The van der Waals surface area contributed by atoms with Crippen LogP contribution < -0.4 is 10.8 Å². The van der Waals surface area contributed by atoms with Gasteiger partial charge in [-0.3, -0.25) is 14.4 Å².